The van der Waals surface area contributed by atoms with Crippen LogP contribution in [0.3, 0.4) is 0 Å². The summed E-state index contributed by atoms with van der Waals surface area (Å²) >= 11 is 0. The van der Waals surface area contributed by atoms with Crippen LogP contribution in [0.25, 0.3) is 11.3 Å². The molecule has 1 aromatic carbocycles. The van der Waals surface area contributed by atoms with Crippen molar-refractivity contribution in [3.63, 3.8) is 0 Å². The molecule has 1 aromatic heterocycles. The van der Waals surface area contributed by atoms with Crippen LogP contribution in [0.2, 0.25) is 0 Å². The van der Waals surface area contributed by atoms with Crippen molar-refractivity contribution in [2.24, 2.45) is 5.41 Å². The first-order chi connectivity index (χ1) is 13.0. The first-order valence-electron chi connectivity index (χ1n) is 10.2. The Kier molecular flexibility index (Phi) is 4.32. The van der Waals surface area contributed by atoms with Crippen molar-refractivity contribution in [3.8, 4) is 17.0 Å². The zero-order valence-electron chi connectivity index (χ0n) is 16.8. The Labute approximate surface area is 161 Å². The Hall–Kier alpha value is -2.23. The summed E-state index contributed by atoms with van der Waals surface area (Å²) in [6.45, 7) is 7.42. The highest BCUT2D eigenvalue weighted by atomic mass is 16.3. The lowest BCUT2D eigenvalue weighted by molar-refractivity contribution is -0.126. The molecule has 3 unspecified atom stereocenters. The third kappa shape index (κ3) is 2.60. The van der Waals surface area contributed by atoms with E-state index in [9.17, 15) is 9.90 Å². The lowest BCUT2D eigenvalue weighted by Crippen LogP contribution is -2.32. The first kappa shape index (κ1) is 18.1. The standard InChI is InChI=1S/C23H30N2O2/c1-5-7-15(6-2)20-14(3)12-25-13-23(22(27)24-4)11-19(23)18-10-16(26)8-9-17(18)21(20)25/h8-10,12,15,19,26H,5-7,11,13H2,1-4H3,(H,24,27). The fraction of sp³-hybridized carbons (Fsp3) is 0.522. The van der Waals surface area contributed by atoms with Crippen LogP contribution in [0.1, 0.15) is 68.1 Å². The van der Waals surface area contributed by atoms with Crippen molar-refractivity contribution < 1.29 is 9.90 Å². The summed E-state index contributed by atoms with van der Waals surface area (Å²) in [5.74, 6) is 1.10. The molecular weight excluding hydrogens is 336 g/mol. The molecule has 0 spiro atoms. The molecule has 2 aromatic rings. The van der Waals surface area contributed by atoms with E-state index in [0.717, 1.165) is 24.8 Å². The summed E-state index contributed by atoms with van der Waals surface area (Å²) in [6.07, 6.45) is 6.54. The molecular formula is C23H30N2O2. The predicted octanol–water partition coefficient (Wildman–Crippen LogP) is 4.70. The van der Waals surface area contributed by atoms with Crippen LogP contribution in [0.4, 0.5) is 0 Å². The maximum Gasteiger partial charge on any atom is 0.228 e. The van der Waals surface area contributed by atoms with Crippen molar-refractivity contribution in [1.82, 2.24) is 9.88 Å². The van der Waals surface area contributed by atoms with E-state index < -0.39 is 5.41 Å². The van der Waals surface area contributed by atoms with Gasteiger partial charge < -0.3 is 15.0 Å². The van der Waals surface area contributed by atoms with Gasteiger partial charge in [0.2, 0.25) is 5.91 Å². The second kappa shape index (κ2) is 6.43. The number of aromatic hydroxyl groups is 1. The highest BCUT2D eigenvalue weighted by Crippen LogP contribution is 2.64. The molecule has 2 heterocycles. The van der Waals surface area contributed by atoms with Gasteiger partial charge >= 0.3 is 0 Å². The molecule has 1 fully saturated rings. The van der Waals surface area contributed by atoms with Crippen molar-refractivity contribution in [2.45, 2.75) is 64.8 Å². The highest BCUT2D eigenvalue weighted by Gasteiger charge is 2.62. The summed E-state index contributed by atoms with van der Waals surface area (Å²) in [6, 6.07) is 5.72. The second-order valence-electron chi connectivity index (χ2n) is 8.36. The van der Waals surface area contributed by atoms with Gasteiger partial charge in [-0.2, -0.15) is 0 Å². The summed E-state index contributed by atoms with van der Waals surface area (Å²) in [5, 5.41) is 13.0. The molecule has 0 bridgehead atoms. The van der Waals surface area contributed by atoms with Gasteiger partial charge in [0.1, 0.15) is 5.75 Å². The maximum atomic E-state index is 12.8. The molecule has 4 rings (SSSR count). The smallest absolute Gasteiger partial charge is 0.228 e. The van der Waals surface area contributed by atoms with E-state index in [-0.39, 0.29) is 17.6 Å². The largest absolute Gasteiger partial charge is 0.508 e. The fourth-order valence-electron chi connectivity index (χ4n) is 5.37. The number of benzene rings is 1. The molecule has 0 radical (unpaired) electrons. The Bertz CT molecular complexity index is 898. The van der Waals surface area contributed by atoms with Crippen molar-refractivity contribution in [1.29, 1.82) is 0 Å². The molecule has 2 N–H and O–H groups in total. The van der Waals surface area contributed by atoms with Gasteiger partial charge in [-0.1, -0.05) is 20.3 Å². The number of amides is 1. The van der Waals surface area contributed by atoms with E-state index in [4.69, 9.17) is 0 Å². The minimum atomic E-state index is -0.391. The molecule has 1 aliphatic heterocycles. The topological polar surface area (TPSA) is 54.3 Å². The molecule has 4 heteroatoms. The molecule has 4 nitrogen and oxygen atoms in total. The van der Waals surface area contributed by atoms with Crippen LogP contribution in [-0.2, 0) is 11.3 Å². The first-order valence-corrected chi connectivity index (χ1v) is 10.2. The molecule has 0 saturated heterocycles. The zero-order chi connectivity index (χ0) is 19.3. The summed E-state index contributed by atoms with van der Waals surface area (Å²) < 4.78 is 2.32. The van der Waals surface area contributed by atoms with Gasteiger partial charge in [0.25, 0.3) is 0 Å². The molecule has 1 saturated carbocycles. The summed E-state index contributed by atoms with van der Waals surface area (Å²) in [7, 11) is 1.72. The minimum Gasteiger partial charge on any atom is -0.508 e. The van der Waals surface area contributed by atoms with Crippen LogP contribution >= 0.6 is 0 Å². The summed E-state index contributed by atoms with van der Waals surface area (Å²) in [5.41, 5.74) is 5.94. The number of aromatic nitrogens is 1. The molecule has 2 aliphatic rings. The Balaban J connectivity index is 1.95. The van der Waals surface area contributed by atoms with Crippen LogP contribution in [0.5, 0.6) is 5.75 Å². The number of nitrogens with zero attached hydrogens (tertiary/aromatic N) is 1. The van der Waals surface area contributed by atoms with Crippen molar-refractivity contribution in [2.75, 3.05) is 7.05 Å². The molecule has 27 heavy (non-hydrogen) atoms. The van der Waals surface area contributed by atoms with E-state index in [2.05, 4.69) is 42.9 Å². The van der Waals surface area contributed by atoms with Gasteiger partial charge in [0.05, 0.1) is 11.1 Å². The van der Waals surface area contributed by atoms with Crippen molar-refractivity contribution in [3.05, 3.63) is 41.1 Å². The fourth-order valence-corrected chi connectivity index (χ4v) is 5.37. The van der Waals surface area contributed by atoms with Gasteiger partial charge in [-0.3, -0.25) is 4.79 Å². The number of rotatable bonds is 5. The van der Waals surface area contributed by atoms with E-state index in [1.807, 2.05) is 6.07 Å². The molecule has 1 amide bonds. The maximum absolute atomic E-state index is 12.8. The summed E-state index contributed by atoms with van der Waals surface area (Å²) in [4.78, 5) is 12.8. The third-order valence-corrected chi connectivity index (χ3v) is 6.73. The predicted molar refractivity (Wildman–Crippen MR) is 108 cm³/mol. The monoisotopic (exact) mass is 366 g/mol. The molecule has 3 atom stereocenters. The van der Waals surface area contributed by atoms with Crippen LogP contribution in [0.15, 0.2) is 24.4 Å². The number of carbonyl (C=O) groups excluding carboxylic acids is 1. The Morgan fingerprint density at radius 1 is 1.41 bits per heavy atom. The van der Waals surface area contributed by atoms with Gasteiger partial charge in [0, 0.05) is 31.3 Å². The van der Waals surface area contributed by atoms with E-state index in [1.165, 1.54) is 28.8 Å². The van der Waals surface area contributed by atoms with Crippen LogP contribution < -0.4 is 5.32 Å². The molecule has 144 valence electrons. The van der Waals surface area contributed by atoms with E-state index in [1.54, 1.807) is 13.1 Å². The number of phenolic OH excluding ortho intramolecular Hbond substituents is 1. The third-order valence-electron chi connectivity index (χ3n) is 6.73. The molecule has 1 aliphatic carbocycles. The van der Waals surface area contributed by atoms with Gasteiger partial charge in [-0.05, 0) is 67.0 Å². The Morgan fingerprint density at radius 2 is 2.19 bits per heavy atom. The van der Waals surface area contributed by atoms with E-state index in [0.29, 0.717) is 12.5 Å². The van der Waals surface area contributed by atoms with Gasteiger partial charge in [0.15, 0.2) is 0 Å². The number of carbonyl (C=O) groups is 1. The number of hydrogen-bond donors (Lipinski definition) is 2. The number of fused-ring (bicyclic) bond motifs is 5. The number of phenols is 1. The van der Waals surface area contributed by atoms with Gasteiger partial charge in [-0.25, -0.2) is 0 Å². The lowest BCUT2D eigenvalue weighted by Gasteiger charge is -2.20. The zero-order valence-corrected chi connectivity index (χ0v) is 16.8. The van der Waals surface area contributed by atoms with Crippen LogP contribution in [-0.4, -0.2) is 22.6 Å². The quantitative estimate of drug-likeness (QED) is 0.806. The van der Waals surface area contributed by atoms with E-state index >= 15 is 0 Å². The normalized spacial score (nSPS) is 23.6. The lowest BCUT2D eigenvalue weighted by atomic mass is 9.86. The van der Waals surface area contributed by atoms with Crippen LogP contribution in [0, 0.1) is 12.3 Å². The average Bonchev–Trinajstić information content (AvgIpc) is 3.31. The Morgan fingerprint density at radius 3 is 2.85 bits per heavy atom. The second-order valence-corrected chi connectivity index (χ2v) is 8.36. The number of aryl methyl sites for hydroxylation is 1. The average molecular weight is 367 g/mol. The SMILES string of the molecule is CCCC(CC)c1c(C)cn2c1-c1ccc(O)cc1C1CC1(C(=O)NC)C2. The van der Waals surface area contributed by atoms with Crippen molar-refractivity contribution >= 4 is 5.91 Å². The highest BCUT2D eigenvalue weighted by molar-refractivity contribution is 5.89. The van der Waals surface area contributed by atoms with Gasteiger partial charge in [-0.15, -0.1) is 0 Å². The minimum absolute atomic E-state index is 0.114. The number of hydrogen-bond acceptors (Lipinski definition) is 2. The number of nitrogens with one attached hydrogen (secondary N) is 1.